The molecule has 0 aliphatic heterocycles. The summed E-state index contributed by atoms with van der Waals surface area (Å²) in [5.74, 6) is 0. The molecule has 0 N–H and O–H groups in total. The minimum atomic E-state index is 0. The Bertz CT molecular complexity index is 1010. The van der Waals surface area contributed by atoms with Gasteiger partial charge in [0.25, 0.3) is 0 Å². The van der Waals surface area contributed by atoms with E-state index in [1.165, 1.54) is 0 Å². The maximum Gasteiger partial charge on any atom is 2.00 e. The maximum atomic E-state index is 6.85. The zero-order valence-corrected chi connectivity index (χ0v) is 18.5. The Labute approximate surface area is 186 Å². The van der Waals surface area contributed by atoms with Gasteiger partial charge in [0.15, 0.2) is 5.69 Å². The van der Waals surface area contributed by atoms with E-state index in [1.54, 1.807) is 6.20 Å². The molecule has 0 fully saturated rings. The number of para-hydroxylation sites is 1. The van der Waals surface area contributed by atoms with Crippen molar-refractivity contribution in [2.75, 3.05) is 0 Å². The number of aromatic nitrogens is 2. The molecule has 4 aromatic rings. The Kier molecular flexibility index (Phi) is 8.46. The maximum absolute atomic E-state index is 6.85. The molecule has 0 atom stereocenters. The van der Waals surface area contributed by atoms with Crippen molar-refractivity contribution in [1.29, 1.82) is 0 Å². The van der Waals surface area contributed by atoms with Crippen LogP contribution in [0, 0.1) is 26.5 Å². The third-order valence-electron chi connectivity index (χ3n) is 4.21. The van der Waals surface area contributed by atoms with Crippen LogP contribution in [0.4, 0.5) is 5.69 Å². The van der Waals surface area contributed by atoms with Crippen molar-refractivity contribution < 1.29 is 21.1 Å². The molecule has 0 spiro atoms. The van der Waals surface area contributed by atoms with Gasteiger partial charge in [-0.3, -0.25) is 9.97 Å². The number of hydrogen-bond donors (Lipinski definition) is 0. The van der Waals surface area contributed by atoms with E-state index in [9.17, 15) is 0 Å². The van der Waals surface area contributed by atoms with Crippen molar-refractivity contribution in [3.05, 3.63) is 114 Å². The Morgan fingerprint density at radius 2 is 1.41 bits per heavy atom. The second kappa shape index (κ2) is 11.0. The average molecular weight is 558 g/mol. The van der Waals surface area contributed by atoms with Crippen LogP contribution < -0.4 is 0 Å². The molecule has 4 rings (SSSR count). The van der Waals surface area contributed by atoms with E-state index in [-0.39, 0.29) is 21.1 Å². The Morgan fingerprint density at radius 1 is 0.759 bits per heavy atom. The van der Waals surface area contributed by atoms with E-state index in [2.05, 4.69) is 20.9 Å². The van der Waals surface area contributed by atoms with E-state index in [1.807, 2.05) is 92.7 Å². The normalized spacial score (nSPS) is 9.41. The van der Waals surface area contributed by atoms with Crippen LogP contribution in [0.25, 0.3) is 27.5 Å². The van der Waals surface area contributed by atoms with Gasteiger partial charge >= 0.3 is 21.1 Å². The summed E-state index contributed by atoms with van der Waals surface area (Å²) < 4.78 is 0. The van der Waals surface area contributed by atoms with Gasteiger partial charge in [-0.1, -0.05) is 36.4 Å². The first kappa shape index (κ1) is 22.2. The van der Waals surface area contributed by atoms with Gasteiger partial charge < -0.3 is 0 Å². The van der Waals surface area contributed by atoms with E-state index >= 15 is 0 Å². The number of nitrogens with zero attached hydrogens (tertiary/aromatic N) is 3. The first-order valence-electron chi connectivity index (χ1n) is 8.98. The van der Waals surface area contributed by atoms with Gasteiger partial charge in [-0.25, -0.2) is 4.85 Å². The van der Waals surface area contributed by atoms with Crippen LogP contribution in [0.1, 0.15) is 11.1 Å². The zero-order valence-electron chi connectivity index (χ0n) is 16.2. The van der Waals surface area contributed by atoms with Crippen LogP contribution in [-0.4, -0.2) is 9.97 Å². The molecular formula is C25H20N3Pt+. The van der Waals surface area contributed by atoms with Crippen molar-refractivity contribution >= 4 is 5.69 Å². The van der Waals surface area contributed by atoms with E-state index < -0.39 is 0 Å². The minimum Gasteiger partial charge on any atom is -0.295 e. The first-order chi connectivity index (χ1) is 13.7. The van der Waals surface area contributed by atoms with Gasteiger partial charge in [-0.05, 0) is 48.9 Å². The Morgan fingerprint density at radius 3 is 2.00 bits per heavy atom. The summed E-state index contributed by atoms with van der Waals surface area (Å²) in [7, 11) is 0. The monoisotopic (exact) mass is 557 g/mol. The van der Waals surface area contributed by atoms with E-state index in [0.29, 0.717) is 0 Å². The molecule has 0 unspecified atom stereocenters. The van der Waals surface area contributed by atoms with Crippen molar-refractivity contribution in [2.45, 2.75) is 13.8 Å². The minimum absolute atomic E-state index is 0. The standard InChI is InChI=1S/C16H11N2.C9H9N.Pt/c1-2-7-13(8-3-1)14-10-6-11-16(18-14)15-9-4-5-12-17-15;1-7-5-4-6-8(2)9(7)10-3;/h1-7,9-12H;4-6H,1-2H3;/q-1;;+2. The number of pyridine rings is 2. The molecule has 0 saturated heterocycles. The molecule has 3 nitrogen and oxygen atoms in total. The third-order valence-corrected chi connectivity index (χ3v) is 4.21. The molecule has 0 amide bonds. The summed E-state index contributed by atoms with van der Waals surface area (Å²) in [6.07, 6.45) is 1.78. The number of benzene rings is 2. The fraction of sp³-hybridized carbons (Fsp3) is 0.0800. The zero-order chi connectivity index (χ0) is 19.8. The van der Waals surface area contributed by atoms with Gasteiger partial charge in [-0.15, -0.1) is 35.9 Å². The summed E-state index contributed by atoms with van der Waals surface area (Å²) in [5, 5.41) is 0. The number of aryl methyl sites for hydroxylation is 2. The first-order valence-corrected chi connectivity index (χ1v) is 8.98. The van der Waals surface area contributed by atoms with Crippen LogP contribution in [-0.2, 0) is 21.1 Å². The largest absolute Gasteiger partial charge is 2.00 e. The summed E-state index contributed by atoms with van der Waals surface area (Å²) in [5.41, 5.74) is 6.60. The molecule has 144 valence electrons. The number of hydrogen-bond acceptors (Lipinski definition) is 2. The van der Waals surface area contributed by atoms with Crippen LogP contribution in [0.5, 0.6) is 0 Å². The molecule has 0 bridgehead atoms. The Balaban J connectivity index is 0.000000234. The summed E-state index contributed by atoms with van der Waals surface area (Å²) in [6, 6.07) is 28.7. The van der Waals surface area contributed by atoms with Crippen LogP contribution in [0.3, 0.4) is 0 Å². The van der Waals surface area contributed by atoms with Gasteiger partial charge in [0, 0.05) is 6.20 Å². The summed E-state index contributed by atoms with van der Waals surface area (Å²) in [4.78, 5) is 12.4. The molecule has 0 aliphatic rings. The van der Waals surface area contributed by atoms with Crippen LogP contribution in [0.2, 0.25) is 0 Å². The van der Waals surface area contributed by atoms with Gasteiger partial charge in [0.2, 0.25) is 0 Å². The molecule has 0 saturated carbocycles. The van der Waals surface area contributed by atoms with Crippen LogP contribution in [0.15, 0.2) is 85.1 Å². The van der Waals surface area contributed by atoms with Crippen LogP contribution >= 0.6 is 0 Å². The predicted molar refractivity (Wildman–Crippen MR) is 114 cm³/mol. The molecular weight excluding hydrogens is 537 g/mol. The van der Waals surface area contributed by atoms with E-state index in [0.717, 1.165) is 39.5 Å². The second-order valence-corrected chi connectivity index (χ2v) is 6.25. The molecule has 0 aliphatic carbocycles. The van der Waals surface area contributed by atoms with Crippen molar-refractivity contribution in [2.24, 2.45) is 0 Å². The topological polar surface area (TPSA) is 30.1 Å². The fourth-order valence-electron chi connectivity index (χ4n) is 2.78. The average Bonchev–Trinajstić information content (AvgIpc) is 2.76. The molecule has 2 aromatic heterocycles. The molecule has 2 aromatic carbocycles. The van der Waals surface area contributed by atoms with Crippen molar-refractivity contribution in [1.82, 2.24) is 9.97 Å². The quantitative estimate of drug-likeness (QED) is 0.265. The molecule has 4 heteroatoms. The van der Waals surface area contributed by atoms with E-state index in [4.69, 9.17) is 6.57 Å². The number of rotatable bonds is 2. The fourth-order valence-corrected chi connectivity index (χ4v) is 2.78. The summed E-state index contributed by atoms with van der Waals surface area (Å²) >= 11 is 0. The predicted octanol–water partition coefficient (Wildman–Crippen LogP) is 6.46. The molecule has 0 radical (unpaired) electrons. The molecule has 2 heterocycles. The second-order valence-electron chi connectivity index (χ2n) is 6.25. The van der Waals surface area contributed by atoms with Crippen molar-refractivity contribution in [3.8, 4) is 22.6 Å². The smallest absolute Gasteiger partial charge is 0.295 e. The van der Waals surface area contributed by atoms with Crippen molar-refractivity contribution in [3.63, 3.8) is 0 Å². The SMILES string of the molecule is [C-]#[N+]c1c(C)cccc1C.[Pt+2].[c-]1ccccc1-c1cccc(-c2ccccn2)n1. The molecule has 29 heavy (non-hydrogen) atoms. The van der Waals surface area contributed by atoms with Gasteiger partial charge in [-0.2, -0.15) is 0 Å². The summed E-state index contributed by atoms with van der Waals surface area (Å²) in [6.45, 7) is 10.8. The third kappa shape index (κ3) is 5.95. The Hall–Kier alpha value is -3.08. The van der Waals surface area contributed by atoms with Gasteiger partial charge in [0.05, 0.1) is 18.0 Å². The van der Waals surface area contributed by atoms with Gasteiger partial charge in [0.1, 0.15) is 0 Å².